The maximum atomic E-state index is 13.2. The summed E-state index contributed by atoms with van der Waals surface area (Å²) in [6.45, 7) is 1.74. The summed E-state index contributed by atoms with van der Waals surface area (Å²) in [6.07, 6.45) is 5.79. The van der Waals surface area contributed by atoms with E-state index in [1.807, 2.05) is 24.3 Å². The molecule has 1 amide bonds. The average molecular weight is 472 g/mol. The number of benzene rings is 3. The molecule has 4 saturated carbocycles. The van der Waals surface area contributed by atoms with Gasteiger partial charge in [-0.25, -0.2) is 9.59 Å². The van der Waals surface area contributed by atoms with Gasteiger partial charge >= 0.3 is 12.1 Å². The van der Waals surface area contributed by atoms with E-state index in [4.69, 9.17) is 9.47 Å². The zero-order valence-electron chi connectivity index (χ0n) is 20.5. The van der Waals surface area contributed by atoms with Crippen molar-refractivity contribution in [3.05, 3.63) is 60.2 Å². The predicted octanol–water partition coefficient (Wildman–Crippen LogP) is 6.02. The number of hydrogen-bond acceptors (Lipinski definition) is 4. The van der Waals surface area contributed by atoms with Gasteiger partial charge < -0.3 is 14.8 Å². The number of hydrogen-bond donors (Lipinski definition) is 1. The van der Waals surface area contributed by atoms with Crippen molar-refractivity contribution >= 4 is 33.6 Å². The van der Waals surface area contributed by atoms with Crippen LogP contribution >= 0.6 is 0 Å². The highest BCUT2D eigenvalue weighted by atomic mass is 16.6. The molecule has 0 heterocycles. The lowest BCUT2D eigenvalue weighted by Crippen LogP contribution is -2.57. The van der Waals surface area contributed by atoms with Gasteiger partial charge in [0.2, 0.25) is 0 Å². The number of esters is 1. The second-order valence-corrected chi connectivity index (χ2v) is 11.2. The standard InChI is InChI=1S/C30H33NO4/c1-30(28(32)34-2,31-29(33)35-27-21-12-18-11-19(14-21)15-22(27)13-18)17-23-16-20-7-3-4-8-24(20)26-10-6-5-9-25(23)26/h3-10,16,18-19,21-22,27H,11-15,17H2,1-2H3,(H,31,33). The van der Waals surface area contributed by atoms with E-state index in [2.05, 4.69) is 35.6 Å². The number of nitrogens with one attached hydrogen (secondary N) is 1. The lowest BCUT2D eigenvalue weighted by Gasteiger charge is -2.53. The fourth-order valence-electron chi connectivity index (χ4n) is 7.50. The summed E-state index contributed by atoms with van der Waals surface area (Å²) in [4.78, 5) is 26.2. The number of ether oxygens (including phenoxy) is 2. The zero-order valence-corrected chi connectivity index (χ0v) is 20.5. The Labute approximate surface area is 206 Å². The van der Waals surface area contributed by atoms with Crippen LogP contribution < -0.4 is 5.32 Å². The first-order valence-electron chi connectivity index (χ1n) is 12.9. The minimum absolute atomic E-state index is 0.0359. The van der Waals surface area contributed by atoms with E-state index >= 15 is 0 Å². The molecule has 4 bridgehead atoms. The van der Waals surface area contributed by atoms with Crippen molar-refractivity contribution in [2.75, 3.05) is 7.11 Å². The highest BCUT2D eigenvalue weighted by Gasteiger charge is 2.50. The van der Waals surface area contributed by atoms with Crippen LogP contribution in [0, 0.1) is 23.7 Å². The van der Waals surface area contributed by atoms with Gasteiger partial charge in [-0.15, -0.1) is 0 Å². The zero-order chi connectivity index (χ0) is 24.2. The SMILES string of the molecule is COC(=O)C(C)(Cc1cc2ccccc2c2ccccc12)NC(=O)OC1C2CC3CC(C2)CC1C3. The van der Waals surface area contributed by atoms with Crippen LogP contribution in [0.5, 0.6) is 0 Å². The molecule has 3 aromatic rings. The van der Waals surface area contributed by atoms with Crippen molar-refractivity contribution in [3.8, 4) is 0 Å². The molecule has 4 aliphatic carbocycles. The molecule has 1 unspecified atom stereocenters. The molecule has 1 N–H and O–H groups in total. The molecule has 4 aliphatic rings. The number of alkyl carbamates (subject to hydrolysis) is 1. The minimum Gasteiger partial charge on any atom is -0.467 e. The Kier molecular flexibility index (Phi) is 5.46. The Morgan fingerprint density at radius 2 is 1.49 bits per heavy atom. The van der Waals surface area contributed by atoms with E-state index in [-0.39, 0.29) is 6.10 Å². The lowest BCUT2D eigenvalue weighted by atomic mass is 9.55. The Hall–Kier alpha value is -3.08. The smallest absolute Gasteiger partial charge is 0.408 e. The van der Waals surface area contributed by atoms with Gasteiger partial charge in [-0.1, -0.05) is 54.6 Å². The predicted molar refractivity (Wildman–Crippen MR) is 136 cm³/mol. The van der Waals surface area contributed by atoms with Gasteiger partial charge in [0.15, 0.2) is 0 Å². The molecule has 1 atom stereocenters. The monoisotopic (exact) mass is 471 g/mol. The van der Waals surface area contributed by atoms with Crippen LogP contribution in [-0.4, -0.2) is 30.8 Å². The highest BCUT2D eigenvalue weighted by Crippen LogP contribution is 2.54. The molecule has 5 heteroatoms. The summed E-state index contributed by atoms with van der Waals surface area (Å²) < 4.78 is 11.2. The summed E-state index contributed by atoms with van der Waals surface area (Å²) in [6, 6.07) is 18.6. The Balaban J connectivity index is 1.28. The third kappa shape index (κ3) is 3.95. The Morgan fingerprint density at radius 1 is 0.886 bits per heavy atom. The second kappa shape index (κ2) is 8.54. The Bertz CT molecular complexity index is 1270. The molecule has 182 valence electrons. The molecular formula is C30H33NO4. The van der Waals surface area contributed by atoms with E-state index in [1.165, 1.54) is 44.6 Å². The van der Waals surface area contributed by atoms with Crippen molar-refractivity contribution in [1.29, 1.82) is 0 Å². The number of fused-ring (bicyclic) bond motifs is 3. The first-order chi connectivity index (χ1) is 16.9. The molecule has 35 heavy (non-hydrogen) atoms. The summed E-state index contributed by atoms with van der Waals surface area (Å²) in [5.41, 5.74) is -0.259. The van der Waals surface area contributed by atoms with Gasteiger partial charge in [0, 0.05) is 6.42 Å². The minimum atomic E-state index is -1.25. The number of amides is 1. The number of carbonyl (C=O) groups is 2. The molecule has 5 nitrogen and oxygen atoms in total. The molecule has 0 radical (unpaired) electrons. The van der Waals surface area contributed by atoms with Crippen molar-refractivity contribution in [2.45, 2.75) is 57.1 Å². The van der Waals surface area contributed by atoms with E-state index in [0.717, 1.165) is 33.6 Å². The molecule has 7 rings (SSSR count). The third-order valence-corrected chi connectivity index (χ3v) is 8.79. The van der Waals surface area contributed by atoms with Crippen LogP contribution in [0.15, 0.2) is 54.6 Å². The van der Waals surface area contributed by atoms with Gasteiger partial charge in [0.1, 0.15) is 11.6 Å². The summed E-state index contributed by atoms with van der Waals surface area (Å²) in [5, 5.41) is 7.39. The van der Waals surface area contributed by atoms with Crippen LogP contribution in [0.25, 0.3) is 21.5 Å². The third-order valence-electron chi connectivity index (χ3n) is 8.79. The van der Waals surface area contributed by atoms with E-state index < -0.39 is 17.6 Å². The number of carbonyl (C=O) groups excluding carboxylic acids is 2. The van der Waals surface area contributed by atoms with Gasteiger partial charge in [0.05, 0.1) is 7.11 Å². The van der Waals surface area contributed by atoms with Crippen LogP contribution in [0.4, 0.5) is 4.79 Å². The molecule has 4 fully saturated rings. The number of rotatable bonds is 5. The normalized spacial score (nSPS) is 28.6. The first-order valence-corrected chi connectivity index (χ1v) is 12.9. The first kappa shape index (κ1) is 22.4. The van der Waals surface area contributed by atoms with E-state index in [1.54, 1.807) is 6.92 Å². The van der Waals surface area contributed by atoms with Gasteiger partial charge in [-0.3, -0.25) is 0 Å². The molecule has 0 aromatic heterocycles. The molecule has 0 saturated heterocycles. The van der Waals surface area contributed by atoms with E-state index in [9.17, 15) is 9.59 Å². The van der Waals surface area contributed by atoms with Crippen LogP contribution in [0.2, 0.25) is 0 Å². The van der Waals surface area contributed by atoms with Crippen LogP contribution in [0.1, 0.15) is 44.6 Å². The lowest BCUT2D eigenvalue weighted by molar-refractivity contribution is -0.148. The van der Waals surface area contributed by atoms with Crippen molar-refractivity contribution < 1.29 is 19.1 Å². The number of methoxy groups -OCH3 is 1. The summed E-state index contributed by atoms with van der Waals surface area (Å²) >= 11 is 0. The quantitative estimate of drug-likeness (QED) is 0.365. The van der Waals surface area contributed by atoms with Crippen molar-refractivity contribution in [3.63, 3.8) is 0 Å². The fourth-order valence-corrected chi connectivity index (χ4v) is 7.50. The molecular weight excluding hydrogens is 438 g/mol. The summed E-state index contributed by atoms with van der Waals surface area (Å²) in [5.74, 6) is 2.07. The second-order valence-electron chi connectivity index (χ2n) is 11.2. The fraction of sp³-hybridized carbons (Fsp3) is 0.467. The highest BCUT2D eigenvalue weighted by molar-refractivity contribution is 6.09. The van der Waals surface area contributed by atoms with Crippen LogP contribution in [-0.2, 0) is 20.7 Å². The van der Waals surface area contributed by atoms with Crippen molar-refractivity contribution in [1.82, 2.24) is 5.32 Å². The van der Waals surface area contributed by atoms with Gasteiger partial charge in [0.25, 0.3) is 0 Å². The maximum Gasteiger partial charge on any atom is 0.408 e. The van der Waals surface area contributed by atoms with E-state index in [0.29, 0.717) is 18.3 Å². The maximum absolute atomic E-state index is 13.2. The largest absolute Gasteiger partial charge is 0.467 e. The van der Waals surface area contributed by atoms with Gasteiger partial charge in [-0.05, 0) is 89.8 Å². The average Bonchev–Trinajstić information content (AvgIpc) is 2.85. The molecule has 3 aromatic carbocycles. The molecule has 0 aliphatic heterocycles. The molecule has 0 spiro atoms. The summed E-state index contributed by atoms with van der Waals surface area (Å²) in [7, 11) is 1.36. The van der Waals surface area contributed by atoms with Crippen LogP contribution in [0.3, 0.4) is 0 Å². The van der Waals surface area contributed by atoms with Crippen molar-refractivity contribution in [2.24, 2.45) is 23.7 Å². The van der Waals surface area contributed by atoms with Gasteiger partial charge in [-0.2, -0.15) is 0 Å². The Morgan fingerprint density at radius 3 is 2.14 bits per heavy atom. The topological polar surface area (TPSA) is 64.6 Å².